The monoisotopic (exact) mass is 495 g/mol. The lowest BCUT2D eigenvalue weighted by Crippen LogP contribution is -2.38. The van der Waals surface area contributed by atoms with Crippen molar-refractivity contribution in [1.82, 2.24) is 0 Å². The van der Waals surface area contributed by atoms with Crippen molar-refractivity contribution in [3.05, 3.63) is 86.5 Å². The molecule has 0 saturated carbocycles. The van der Waals surface area contributed by atoms with Crippen LogP contribution in [0.1, 0.15) is 25.0 Å². The van der Waals surface area contributed by atoms with Gasteiger partial charge in [-0.2, -0.15) is 5.26 Å². The minimum absolute atomic E-state index is 0.00803. The van der Waals surface area contributed by atoms with Crippen molar-refractivity contribution < 1.29 is 14.1 Å². The molecule has 3 rings (SSSR count). The summed E-state index contributed by atoms with van der Waals surface area (Å²) in [6.07, 6.45) is 3.43. The van der Waals surface area contributed by atoms with Crippen molar-refractivity contribution in [2.24, 2.45) is 0 Å². The standard InChI is InChI=1S/C25H26ClN3O4Si/c1-17(12-13-25(2,16-27)33-34(3,4)5)23-21-14-19(26)8-11-22(21)28(24(23)30)15-18-6-9-20(10-7-18)29(31)32/h6-14H,15H2,1-5H3/b13-12+,23-17-/t25-/m0/s1. The van der Waals surface area contributed by atoms with Gasteiger partial charge in [-0.3, -0.25) is 14.9 Å². The van der Waals surface area contributed by atoms with Gasteiger partial charge >= 0.3 is 0 Å². The van der Waals surface area contributed by atoms with Crippen molar-refractivity contribution in [2.75, 3.05) is 4.90 Å². The quantitative estimate of drug-likeness (QED) is 0.195. The number of hydrogen-bond acceptors (Lipinski definition) is 5. The van der Waals surface area contributed by atoms with Gasteiger partial charge in [0.15, 0.2) is 13.9 Å². The molecule has 2 aromatic rings. The molecule has 1 heterocycles. The summed E-state index contributed by atoms with van der Waals surface area (Å²) in [5, 5.41) is 21.1. The van der Waals surface area contributed by atoms with Crippen LogP contribution in [0.25, 0.3) is 5.57 Å². The van der Waals surface area contributed by atoms with Crippen LogP contribution in [0.4, 0.5) is 11.4 Å². The topological polar surface area (TPSA) is 96.5 Å². The lowest BCUT2D eigenvalue weighted by molar-refractivity contribution is -0.384. The number of fused-ring (bicyclic) bond motifs is 1. The SMILES string of the molecule is CC(/C=C/[C@@](C)(C#N)O[Si](C)(C)C)=C1/C(=O)N(Cc2ccc([N+](=O)[O-])cc2)c2ccc(Cl)cc21. The highest BCUT2D eigenvalue weighted by molar-refractivity contribution is 6.69. The van der Waals surface area contributed by atoms with Crippen molar-refractivity contribution in [3.63, 3.8) is 0 Å². The largest absolute Gasteiger partial charge is 0.397 e. The maximum atomic E-state index is 13.5. The number of non-ortho nitro benzene ring substituents is 1. The maximum Gasteiger partial charge on any atom is 0.269 e. The highest BCUT2D eigenvalue weighted by Crippen LogP contribution is 2.41. The zero-order valence-electron chi connectivity index (χ0n) is 19.8. The molecule has 176 valence electrons. The van der Waals surface area contributed by atoms with Gasteiger partial charge in [0.1, 0.15) is 6.07 Å². The van der Waals surface area contributed by atoms with E-state index in [1.54, 1.807) is 54.3 Å². The van der Waals surface area contributed by atoms with Gasteiger partial charge < -0.3 is 9.33 Å². The third-order valence-electron chi connectivity index (χ3n) is 5.25. The van der Waals surface area contributed by atoms with E-state index in [0.717, 1.165) is 5.56 Å². The number of nitro benzene ring substituents is 1. The molecule has 0 radical (unpaired) electrons. The van der Waals surface area contributed by atoms with Gasteiger partial charge in [-0.25, -0.2) is 0 Å². The van der Waals surface area contributed by atoms with E-state index in [0.29, 0.717) is 27.4 Å². The molecule has 7 nitrogen and oxygen atoms in total. The Bertz CT molecular complexity index is 1240. The molecular weight excluding hydrogens is 470 g/mol. The summed E-state index contributed by atoms with van der Waals surface area (Å²) >= 11 is 6.25. The number of carbonyl (C=O) groups excluding carboxylic acids is 1. The average molecular weight is 496 g/mol. The summed E-state index contributed by atoms with van der Waals surface area (Å²) in [6.45, 7) is 9.81. The Morgan fingerprint density at radius 3 is 2.47 bits per heavy atom. The number of carbonyl (C=O) groups is 1. The predicted molar refractivity (Wildman–Crippen MR) is 136 cm³/mol. The van der Waals surface area contributed by atoms with Gasteiger partial charge in [0, 0.05) is 22.7 Å². The normalized spacial score (nSPS) is 16.9. The number of nitrogens with zero attached hydrogens (tertiary/aromatic N) is 3. The number of rotatable bonds is 7. The summed E-state index contributed by atoms with van der Waals surface area (Å²) in [5.74, 6) is -0.206. The van der Waals surface area contributed by atoms with Crippen LogP contribution in [-0.4, -0.2) is 24.7 Å². The van der Waals surface area contributed by atoms with Gasteiger partial charge in [0.2, 0.25) is 0 Å². The molecule has 0 N–H and O–H groups in total. The van der Waals surface area contributed by atoms with Crippen LogP contribution in [0, 0.1) is 21.4 Å². The highest BCUT2D eigenvalue weighted by Gasteiger charge is 2.34. The van der Waals surface area contributed by atoms with Crippen LogP contribution < -0.4 is 4.90 Å². The molecule has 9 heteroatoms. The molecule has 1 aliphatic heterocycles. The second kappa shape index (κ2) is 9.55. The number of allylic oxidation sites excluding steroid dienone is 2. The smallest absolute Gasteiger partial charge is 0.269 e. The highest BCUT2D eigenvalue weighted by atomic mass is 35.5. The Kier molecular flexibility index (Phi) is 7.12. The average Bonchev–Trinajstić information content (AvgIpc) is 3.02. The first-order valence-corrected chi connectivity index (χ1v) is 14.5. The van der Waals surface area contributed by atoms with Crippen LogP contribution in [0.15, 0.2) is 60.2 Å². The Labute approximate surface area is 205 Å². The van der Waals surface area contributed by atoms with E-state index in [1.165, 1.54) is 12.1 Å². The molecule has 1 atom stereocenters. The molecular formula is C25H26ClN3O4Si. The van der Waals surface area contributed by atoms with E-state index in [4.69, 9.17) is 16.0 Å². The van der Waals surface area contributed by atoms with E-state index in [2.05, 4.69) is 6.07 Å². The fourth-order valence-corrected chi connectivity index (χ4v) is 5.40. The Balaban J connectivity index is 1.99. The van der Waals surface area contributed by atoms with E-state index in [9.17, 15) is 20.2 Å². The summed E-state index contributed by atoms with van der Waals surface area (Å²) < 4.78 is 6.03. The lowest BCUT2D eigenvalue weighted by Gasteiger charge is -2.27. The van der Waals surface area contributed by atoms with Crippen LogP contribution in [0.2, 0.25) is 24.7 Å². The lowest BCUT2D eigenvalue weighted by atomic mass is 10.00. The molecule has 0 spiro atoms. The molecule has 0 fully saturated rings. The molecule has 0 aromatic heterocycles. The molecule has 0 aliphatic carbocycles. The molecule has 0 unspecified atom stereocenters. The molecule has 1 aliphatic rings. The minimum atomic E-state index is -1.99. The van der Waals surface area contributed by atoms with E-state index >= 15 is 0 Å². The molecule has 2 aromatic carbocycles. The molecule has 0 bridgehead atoms. The third kappa shape index (κ3) is 5.62. The fourth-order valence-electron chi connectivity index (χ4n) is 3.84. The second-order valence-corrected chi connectivity index (χ2v) is 14.2. The molecule has 34 heavy (non-hydrogen) atoms. The fraction of sp³-hybridized carbons (Fsp3) is 0.280. The van der Waals surface area contributed by atoms with Crippen molar-refractivity contribution >= 4 is 42.8 Å². The van der Waals surface area contributed by atoms with E-state index < -0.39 is 18.8 Å². The van der Waals surface area contributed by atoms with Crippen molar-refractivity contribution in [2.45, 2.75) is 45.6 Å². The summed E-state index contributed by atoms with van der Waals surface area (Å²) in [7, 11) is -1.99. The summed E-state index contributed by atoms with van der Waals surface area (Å²) in [6, 6.07) is 13.6. The van der Waals surface area contributed by atoms with Gasteiger partial charge in [-0.05, 0) is 68.9 Å². The minimum Gasteiger partial charge on any atom is -0.397 e. The maximum absolute atomic E-state index is 13.5. The number of hydrogen-bond donors (Lipinski definition) is 0. The molecule has 1 amide bonds. The zero-order valence-corrected chi connectivity index (χ0v) is 21.5. The van der Waals surface area contributed by atoms with Crippen LogP contribution in [0.3, 0.4) is 0 Å². The van der Waals surface area contributed by atoms with Gasteiger partial charge in [-0.1, -0.05) is 29.8 Å². The Hall–Kier alpha value is -3.25. The predicted octanol–water partition coefficient (Wildman–Crippen LogP) is 6.26. The number of anilines is 1. The van der Waals surface area contributed by atoms with Gasteiger partial charge in [-0.15, -0.1) is 0 Å². The van der Waals surface area contributed by atoms with E-state index in [-0.39, 0.29) is 18.1 Å². The second-order valence-electron chi connectivity index (χ2n) is 9.30. The van der Waals surface area contributed by atoms with Crippen LogP contribution in [-0.2, 0) is 15.8 Å². The summed E-state index contributed by atoms with van der Waals surface area (Å²) in [4.78, 5) is 25.6. The number of nitriles is 1. The summed E-state index contributed by atoms with van der Waals surface area (Å²) in [5.41, 5.74) is 2.22. The van der Waals surface area contributed by atoms with Crippen LogP contribution >= 0.6 is 11.6 Å². The third-order valence-corrected chi connectivity index (χ3v) is 6.52. The number of benzene rings is 2. The Morgan fingerprint density at radius 2 is 1.91 bits per heavy atom. The molecule has 0 saturated heterocycles. The van der Waals surface area contributed by atoms with E-state index in [1.807, 2.05) is 26.6 Å². The number of amides is 1. The number of nitro groups is 1. The van der Waals surface area contributed by atoms with Crippen LogP contribution in [0.5, 0.6) is 0 Å². The van der Waals surface area contributed by atoms with Crippen molar-refractivity contribution in [3.8, 4) is 6.07 Å². The first-order chi connectivity index (χ1) is 15.8. The zero-order chi connectivity index (χ0) is 25.3. The Morgan fingerprint density at radius 1 is 1.26 bits per heavy atom. The van der Waals surface area contributed by atoms with Gasteiger partial charge in [0.25, 0.3) is 11.6 Å². The number of halogens is 1. The van der Waals surface area contributed by atoms with Gasteiger partial charge in [0.05, 0.1) is 22.7 Å². The first-order valence-electron chi connectivity index (χ1n) is 10.7. The van der Waals surface area contributed by atoms with Crippen molar-refractivity contribution in [1.29, 1.82) is 5.26 Å². The first kappa shape index (κ1) is 25.4.